The molecule has 28 heavy (non-hydrogen) atoms. The van der Waals surface area contributed by atoms with Gasteiger partial charge in [-0.05, 0) is 23.8 Å². The van der Waals surface area contributed by atoms with Crippen molar-refractivity contribution in [2.75, 3.05) is 5.32 Å². The highest BCUT2D eigenvalue weighted by Gasteiger charge is 2.32. The van der Waals surface area contributed by atoms with Crippen LogP contribution in [-0.4, -0.2) is 21.9 Å². The fourth-order valence-corrected chi connectivity index (χ4v) is 2.43. The zero-order chi connectivity index (χ0) is 19.3. The zero-order valence-electron chi connectivity index (χ0n) is 14.4. The number of nitrogens with zero attached hydrogens (tertiary/aromatic N) is 3. The normalized spacial score (nSPS) is 11.6. The Morgan fingerprint density at radius 1 is 1.14 bits per heavy atom. The van der Waals surface area contributed by atoms with Crippen LogP contribution < -0.4 is 15.8 Å². The van der Waals surface area contributed by atoms with Crippen molar-refractivity contribution < 1.29 is 17.9 Å². The number of rotatable bonds is 5. The first-order chi connectivity index (χ1) is 12.9. The molecule has 0 radical (unpaired) electrons. The van der Waals surface area contributed by atoms with E-state index in [2.05, 4.69) is 20.0 Å². The Bertz CT molecular complexity index is 929. The molecule has 0 atom stereocenters. The molecule has 148 valence electrons. The summed E-state index contributed by atoms with van der Waals surface area (Å²) in [6.07, 6.45) is 0.324. The van der Waals surface area contributed by atoms with Gasteiger partial charge in [0.1, 0.15) is 0 Å². The SMILES string of the molecule is I.NC(=NCc1ccccc1-n1ccnc1)Nc1ccccc1OC(F)(F)F. The van der Waals surface area contributed by atoms with Crippen LogP contribution >= 0.6 is 24.0 Å². The van der Waals surface area contributed by atoms with Gasteiger partial charge >= 0.3 is 6.36 Å². The number of alkyl halides is 3. The summed E-state index contributed by atoms with van der Waals surface area (Å²) >= 11 is 0. The number of hydrogen-bond donors (Lipinski definition) is 2. The van der Waals surface area contributed by atoms with Gasteiger partial charge in [-0.25, -0.2) is 9.98 Å². The van der Waals surface area contributed by atoms with Crippen LogP contribution in [-0.2, 0) is 6.54 Å². The predicted octanol–water partition coefficient (Wildman–Crippen LogP) is 4.32. The summed E-state index contributed by atoms with van der Waals surface area (Å²) in [5.41, 5.74) is 7.66. The van der Waals surface area contributed by atoms with E-state index in [9.17, 15) is 13.2 Å². The maximum absolute atomic E-state index is 12.5. The Kier molecular flexibility index (Phi) is 7.26. The van der Waals surface area contributed by atoms with Gasteiger partial charge in [-0.2, -0.15) is 0 Å². The van der Waals surface area contributed by atoms with Gasteiger partial charge in [0.2, 0.25) is 0 Å². The molecule has 0 unspecified atom stereocenters. The minimum atomic E-state index is -4.80. The van der Waals surface area contributed by atoms with Crippen molar-refractivity contribution in [3.63, 3.8) is 0 Å². The van der Waals surface area contributed by atoms with E-state index in [1.165, 1.54) is 18.2 Å². The summed E-state index contributed by atoms with van der Waals surface area (Å²) in [5.74, 6) is -0.421. The molecule has 0 spiro atoms. The molecule has 0 saturated heterocycles. The fourth-order valence-electron chi connectivity index (χ4n) is 2.43. The van der Waals surface area contributed by atoms with Crippen LogP contribution in [0.4, 0.5) is 18.9 Å². The van der Waals surface area contributed by atoms with Gasteiger partial charge in [-0.3, -0.25) is 0 Å². The van der Waals surface area contributed by atoms with Gasteiger partial charge in [-0.15, -0.1) is 37.1 Å². The molecule has 6 nitrogen and oxygen atoms in total. The van der Waals surface area contributed by atoms with Crippen molar-refractivity contribution >= 4 is 35.6 Å². The number of aliphatic imine (C=N–C) groups is 1. The van der Waals surface area contributed by atoms with Crippen LogP contribution in [0.1, 0.15) is 5.56 Å². The average Bonchev–Trinajstić information content (AvgIpc) is 3.15. The monoisotopic (exact) mass is 503 g/mol. The summed E-state index contributed by atoms with van der Waals surface area (Å²) in [6, 6.07) is 13.1. The molecule has 1 heterocycles. The lowest BCUT2D eigenvalue weighted by atomic mass is 10.2. The topological polar surface area (TPSA) is 77.5 Å². The van der Waals surface area contributed by atoms with E-state index in [4.69, 9.17) is 5.73 Å². The average molecular weight is 503 g/mol. The molecule has 3 rings (SSSR count). The number of aromatic nitrogens is 2. The van der Waals surface area contributed by atoms with E-state index >= 15 is 0 Å². The molecule has 0 aliphatic carbocycles. The lowest BCUT2D eigenvalue weighted by Gasteiger charge is -2.14. The molecule has 3 aromatic rings. The van der Waals surface area contributed by atoms with Crippen molar-refractivity contribution in [3.05, 3.63) is 72.8 Å². The molecular weight excluding hydrogens is 486 g/mol. The van der Waals surface area contributed by atoms with Crippen molar-refractivity contribution in [1.29, 1.82) is 0 Å². The first-order valence-electron chi connectivity index (χ1n) is 7.90. The largest absolute Gasteiger partial charge is 0.573 e. The van der Waals surface area contributed by atoms with Crippen LogP contribution in [0, 0.1) is 0 Å². The molecule has 0 aliphatic rings. The van der Waals surface area contributed by atoms with Gasteiger partial charge in [0.15, 0.2) is 11.7 Å². The Hall–Kier alpha value is -2.76. The molecule has 0 saturated carbocycles. The Morgan fingerprint density at radius 2 is 1.86 bits per heavy atom. The number of anilines is 1. The fraction of sp³-hybridized carbons (Fsp3) is 0.111. The van der Waals surface area contributed by atoms with E-state index < -0.39 is 6.36 Å². The Labute approximate surface area is 176 Å². The van der Waals surface area contributed by atoms with Crippen LogP contribution in [0.15, 0.2) is 72.2 Å². The zero-order valence-corrected chi connectivity index (χ0v) is 16.8. The number of guanidine groups is 1. The smallest absolute Gasteiger partial charge is 0.404 e. The van der Waals surface area contributed by atoms with Gasteiger partial charge in [0.05, 0.1) is 24.2 Å². The second kappa shape index (κ2) is 9.44. The van der Waals surface area contributed by atoms with Gasteiger partial charge < -0.3 is 20.4 Å². The van der Waals surface area contributed by atoms with Crippen LogP contribution in [0.5, 0.6) is 5.75 Å². The molecular formula is C18H17F3IN5O. The number of hydrogen-bond acceptors (Lipinski definition) is 3. The summed E-state index contributed by atoms with van der Waals surface area (Å²) in [5, 5.41) is 2.64. The highest BCUT2D eigenvalue weighted by Crippen LogP contribution is 2.29. The summed E-state index contributed by atoms with van der Waals surface area (Å²) < 4.78 is 43.3. The highest BCUT2D eigenvalue weighted by atomic mass is 127. The molecule has 0 bridgehead atoms. The van der Waals surface area contributed by atoms with E-state index in [0.29, 0.717) is 0 Å². The second-order valence-corrected chi connectivity index (χ2v) is 5.47. The quantitative estimate of drug-likeness (QED) is 0.309. The summed E-state index contributed by atoms with van der Waals surface area (Å²) in [7, 11) is 0. The van der Waals surface area contributed by atoms with Crippen molar-refractivity contribution in [2.45, 2.75) is 12.9 Å². The Balaban J connectivity index is 0.00000280. The maximum Gasteiger partial charge on any atom is 0.573 e. The number of nitrogens with one attached hydrogen (secondary N) is 1. The first kappa shape index (κ1) is 21.5. The first-order valence-corrected chi connectivity index (χ1v) is 7.90. The van der Waals surface area contributed by atoms with Crippen molar-refractivity contribution in [3.8, 4) is 11.4 Å². The van der Waals surface area contributed by atoms with E-state index in [1.807, 2.05) is 28.8 Å². The lowest BCUT2D eigenvalue weighted by molar-refractivity contribution is -0.274. The molecule has 2 aromatic carbocycles. The molecule has 0 aliphatic heterocycles. The number of halogens is 4. The third-order valence-corrected chi connectivity index (χ3v) is 3.57. The Morgan fingerprint density at radius 3 is 2.57 bits per heavy atom. The molecule has 3 N–H and O–H groups in total. The third-order valence-electron chi connectivity index (χ3n) is 3.57. The summed E-state index contributed by atoms with van der Waals surface area (Å²) in [4.78, 5) is 8.22. The number of imidazole rings is 1. The van der Waals surface area contributed by atoms with E-state index in [1.54, 1.807) is 24.8 Å². The minimum Gasteiger partial charge on any atom is -0.404 e. The molecule has 1 aromatic heterocycles. The molecule has 0 amide bonds. The third kappa shape index (κ3) is 5.87. The number of para-hydroxylation sites is 3. The van der Waals surface area contributed by atoms with Gasteiger partial charge in [0.25, 0.3) is 0 Å². The van der Waals surface area contributed by atoms with E-state index in [-0.39, 0.29) is 47.9 Å². The highest BCUT2D eigenvalue weighted by molar-refractivity contribution is 14.0. The van der Waals surface area contributed by atoms with Crippen LogP contribution in [0.25, 0.3) is 5.69 Å². The molecule has 10 heteroatoms. The summed E-state index contributed by atoms with van der Waals surface area (Å²) in [6.45, 7) is 0.232. The van der Waals surface area contributed by atoms with Gasteiger partial charge in [0, 0.05) is 12.4 Å². The number of ether oxygens (including phenoxy) is 1. The lowest BCUT2D eigenvalue weighted by Crippen LogP contribution is -2.24. The van der Waals surface area contributed by atoms with Crippen molar-refractivity contribution in [1.82, 2.24) is 9.55 Å². The van der Waals surface area contributed by atoms with E-state index in [0.717, 1.165) is 11.3 Å². The second-order valence-electron chi connectivity index (χ2n) is 5.47. The maximum atomic E-state index is 12.5. The standard InChI is InChI=1S/C18H16F3N5O.HI/c19-18(20,21)27-16-8-4-2-6-14(16)25-17(22)24-11-13-5-1-3-7-15(13)26-10-9-23-12-26;/h1-10,12H,11H2,(H3,22,24,25);1H. The van der Waals surface area contributed by atoms with Gasteiger partial charge in [-0.1, -0.05) is 30.3 Å². The predicted molar refractivity (Wildman–Crippen MR) is 111 cm³/mol. The number of benzene rings is 2. The van der Waals surface area contributed by atoms with Crippen LogP contribution in [0.3, 0.4) is 0 Å². The van der Waals surface area contributed by atoms with Crippen molar-refractivity contribution in [2.24, 2.45) is 10.7 Å². The number of nitrogens with two attached hydrogens (primary N) is 1. The minimum absolute atomic E-state index is 0. The molecule has 0 fully saturated rings. The van der Waals surface area contributed by atoms with Crippen LogP contribution in [0.2, 0.25) is 0 Å².